The van der Waals surface area contributed by atoms with E-state index in [1.54, 1.807) is 18.2 Å². The summed E-state index contributed by atoms with van der Waals surface area (Å²) in [6.45, 7) is 7.29. The fourth-order valence-electron chi connectivity index (χ4n) is 3.01. The highest BCUT2D eigenvalue weighted by Gasteiger charge is 2.37. The third-order valence-corrected chi connectivity index (χ3v) is 4.40. The third-order valence-electron chi connectivity index (χ3n) is 4.40. The number of carboxylic acid groups (broad SMARTS) is 1. The molecule has 1 amide bonds. The molecule has 0 spiro atoms. The number of carboxylic acids is 1. The second kappa shape index (κ2) is 6.92. The maximum atomic E-state index is 12.5. The Kier molecular flexibility index (Phi) is 5.19. The zero-order chi connectivity index (χ0) is 16.2. The van der Waals surface area contributed by atoms with Crippen molar-refractivity contribution in [1.82, 2.24) is 10.2 Å². The molecule has 2 rings (SSSR count). The van der Waals surface area contributed by atoms with E-state index in [1.165, 1.54) is 0 Å². The molecule has 1 unspecified atom stereocenters. The number of nitrogens with zero attached hydrogens (tertiary/aromatic N) is 1. The lowest BCUT2D eigenvalue weighted by Gasteiger charge is -2.38. The van der Waals surface area contributed by atoms with Gasteiger partial charge in [-0.05, 0) is 50.6 Å². The summed E-state index contributed by atoms with van der Waals surface area (Å²) in [4.78, 5) is 25.8. The second-order valence-corrected chi connectivity index (χ2v) is 6.22. The van der Waals surface area contributed by atoms with Gasteiger partial charge in [0.05, 0.1) is 11.0 Å². The molecule has 1 aliphatic rings. The summed E-state index contributed by atoms with van der Waals surface area (Å²) in [7, 11) is 0. The Bertz CT molecular complexity index is 559. The van der Waals surface area contributed by atoms with Gasteiger partial charge in [-0.25, -0.2) is 4.79 Å². The second-order valence-electron chi connectivity index (χ2n) is 6.22. The van der Waals surface area contributed by atoms with Crippen molar-refractivity contribution in [3.8, 4) is 0 Å². The Hall–Kier alpha value is -1.88. The normalized spacial score (nSPS) is 22.3. The predicted octanol–water partition coefficient (Wildman–Crippen LogP) is 2.12. The molecule has 1 aromatic rings. The van der Waals surface area contributed by atoms with Crippen LogP contribution in [0.2, 0.25) is 0 Å². The molecule has 1 saturated heterocycles. The van der Waals surface area contributed by atoms with Gasteiger partial charge in [-0.1, -0.05) is 19.1 Å². The highest BCUT2D eigenvalue weighted by molar-refractivity contribution is 5.87. The molecule has 5 nitrogen and oxygen atoms in total. The number of benzene rings is 1. The predicted molar refractivity (Wildman–Crippen MR) is 84.7 cm³/mol. The molecule has 0 radical (unpaired) electrons. The number of hydrogen-bond acceptors (Lipinski definition) is 3. The van der Waals surface area contributed by atoms with Gasteiger partial charge in [0.15, 0.2) is 0 Å². The van der Waals surface area contributed by atoms with Crippen LogP contribution >= 0.6 is 0 Å². The van der Waals surface area contributed by atoms with E-state index < -0.39 is 5.97 Å². The molecule has 1 aliphatic heterocycles. The molecular formula is C17H24N2O3. The van der Waals surface area contributed by atoms with Gasteiger partial charge in [0.1, 0.15) is 0 Å². The van der Waals surface area contributed by atoms with Gasteiger partial charge in [0.2, 0.25) is 5.91 Å². The molecule has 2 N–H and O–H groups in total. The zero-order valence-electron chi connectivity index (χ0n) is 13.3. The number of nitrogens with one attached hydrogen (secondary N) is 1. The average molecular weight is 304 g/mol. The molecule has 1 atom stereocenters. The van der Waals surface area contributed by atoms with Crippen molar-refractivity contribution in [1.29, 1.82) is 0 Å². The van der Waals surface area contributed by atoms with Crippen LogP contribution in [0, 0.1) is 5.41 Å². The Labute approximate surface area is 131 Å². The maximum absolute atomic E-state index is 12.5. The molecule has 120 valence electrons. The third kappa shape index (κ3) is 3.85. The van der Waals surface area contributed by atoms with E-state index >= 15 is 0 Å². The number of piperidine rings is 1. The minimum atomic E-state index is -0.953. The Balaban J connectivity index is 1.97. The van der Waals surface area contributed by atoms with E-state index in [0.29, 0.717) is 6.54 Å². The van der Waals surface area contributed by atoms with E-state index in [9.17, 15) is 9.59 Å². The number of hydrogen-bond donors (Lipinski definition) is 2. The Morgan fingerprint density at radius 2 is 2.18 bits per heavy atom. The fourth-order valence-corrected chi connectivity index (χ4v) is 3.01. The first kappa shape index (κ1) is 16.5. The maximum Gasteiger partial charge on any atom is 0.335 e. The highest BCUT2D eigenvalue weighted by atomic mass is 16.4. The molecule has 1 heterocycles. The number of carbonyl (C=O) groups excluding carboxylic acids is 1. The molecule has 0 aromatic heterocycles. The van der Waals surface area contributed by atoms with Crippen LogP contribution in [0.4, 0.5) is 0 Å². The lowest BCUT2D eigenvalue weighted by atomic mass is 9.81. The van der Waals surface area contributed by atoms with Crippen LogP contribution in [0.3, 0.4) is 0 Å². The minimum Gasteiger partial charge on any atom is -0.478 e. The van der Waals surface area contributed by atoms with Gasteiger partial charge in [-0.15, -0.1) is 0 Å². The minimum absolute atomic E-state index is 0.0476. The molecule has 0 bridgehead atoms. The summed E-state index contributed by atoms with van der Waals surface area (Å²) in [5, 5.41) is 12.0. The summed E-state index contributed by atoms with van der Waals surface area (Å²) in [5.74, 6) is -0.905. The van der Waals surface area contributed by atoms with Crippen molar-refractivity contribution in [2.45, 2.75) is 33.2 Å². The number of aromatic carboxylic acids is 1. The van der Waals surface area contributed by atoms with Gasteiger partial charge in [-0.2, -0.15) is 0 Å². The molecule has 1 aromatic carbocycles. The Morgan fingerprint density at radius 3 is 2.86 bits per heavy atom. The molecule has 5 heteroatoms. The SMILES string of the molecule is CCN1CCCC(C)(C(=O)NCc2cccc(C(=O)O)c2)C1. The van der Waals surface area contributed by atoms with E-state index in [4.69, 9.17) is 5.11 Å². The number of carbonyl (C=O) groups is 2. The first-order chi connectivity index (χ1) is 10.4. The van der Waals surface area contributed by atoms with Gasteiger partial charge >= 0.3 is 5.97 Å². The molecule has 22 heavy (non-hydrogen) atoms. The van der Waals surface area contributed by atoms with Gasteiger partial charge in [0, 0.05) is 13.1 Å². The van der Waals surface area contributed by atoms with Crippen LogP contribution in [0.15, 0.2) is 24.3 Å². The highest BCUT2D eigenvalue weighted by Crippen LogP contribution is 2.29. The summed E-state index contributed by atoms with van der Waals surface area (Å²) >= 11 is 0. The number of amides is 1. The van der Waals surface area contributed by atoms with E-state index in [2.05, 4.69) is 17.1 Å². The van der Waals surface area contributed by atoms with Crippen LogP contribution < -0.4 is 5.32 Å². The van der Waals surface area contributed by atoms with Crippen molar-refractivity contribution < 1.29 is 14.7 Å². The molecule has 0 aliphatic carbocycles. The van der Waals surface area contributed by atoms with Crippen LogP contribution in [-0.2, 0) is 11.3 Å². The van der Waals surface area contributed by atoms with Crippen LogP contribution in [0.5, 0.6) is 0 Å². The van der Waals surface area contributed by atoms with Crippen molar-refractivity contribution in [3.05, 3.63) is 35.4 Å². The molecule has 1 fully saturated rings. The van der Waals surface area contributed by atoms with Gasteiger partial charge in [0.25, 0.3) is 0 Å². The smallest absolute Gasteiger partial charge is 0.335 e. The van der Waals surface area contributed by atoms with E-state index in [-0.39, 0.29) is 16.9 Å². The average Bonchev–Trinajstić information content (AvgIpc) is 2.52. The van der Waals surface area contributed by atoms with Gasteiger partial charge in [-0.3, -0.25) is 4.79 Å². The summed E-state index contributed by atoms with van der Waals surface area (Å²) in [5.41, 5.74) is 0.686. The van der Waals surface area contributed by atoms with Crippen LogP contribution in [0.1, 0.15) is 42.6 Å². The summed E-state index contributed by atoms with van der Waals surface area (Å²) in [6.07, 6.45) is 1.93. The lowest BCUT2D eigenvalue weighted by molar-refractivity contribution is -0.133. The van der Waals surface area contributed by atoms with Crippen molar-refractivity contribution >= 4 is 11.9 Å². The number of rotatable bonds is 5. The van der Waals surface area contributed by atoms with E-state index in [0.717, 1.165) is 38.0 Å². The van der Waals surface area contributed by atoms with Crippen molar-refractivity contribution in [2.24, 2.45) is 5.41 Å². The van der Waals surface area contributed by atoms with Crippen molar-refractivity contribution in [2.75, 3.05) is 19.6 Å². The summed E-state index contributed by atoms with van der Waals surface area (Å²) in [6, 6.07) is 6.68. The Morgan fingerprint density at radius 1 is 1.41 bits per heavy atom. The molecule has 0 saturated carbocycles. The lowest BCUT2D eigenvalue weighted by Crippen LogP contribution is -2.50. The number of likely N-dealkylation sites (tertiary alicyclic amines) is 1. The standard InChI is InChI=1S/C17H24N2O3/c1-3-19-9-5-8-17(2,12-19)16(22)18-11-13-6-4-7-14(10-13)15(20)21/h4,6-7,10H,3,5,8-9,11-12H2,1-2H3,(H,18,22)(H,20,21). The quantitative estimate of drug-likeness (QED) is 0.874. The van der Waals surface area contributed by atoms with Crippen LogP contribution in [0.25, 0.3) is 0 Å². The zero-order valence-corrected chi connectivity index (χ0v) is 13.3. The van der Waals surface area contributed by atoms with Crippen molar-refractivity contribution in [3.63, 3.8) is 0 Å². The monoisotopic (exact) mass is 304 g/mol. The van der Waals surface area contributed by atoms with Crippen LogP contribution in [-0.4, -0.2) is 41.5 Å². The van der Waals surface area contributed by atoms with Gasteiger partial charge < -0.3 is 15.3 Å². The first-order valence-corrected chi connectivity index (χ1v) is 7.77. The topological polar surface area (TPSA) is 69.6 Å². The summed E-state index contributed by atoms with van der Waals surface area (Å²) < 4.78 is 0. The van der Waals surface area contributed by atoms with E-state index in [1.807, 2.05) is 13.0 Å². The molecular weight excluding hydrogens is 280 g/mol. The largest absolute Gasteiger partial charge is 0.478 e. The fraction of sp³-hybridized carbons (Fsp3) is 0.529. The first-order valence-electron chi connectivity index (χ1n) is 7.77.